The Hall–Kier alpha value is -2.66. The van der Waals surface area contributed by atoms with E-state index < -0.39 is 0 Å². The van der Waals surface area contributed by atoms with Crippen LogP contribution >= 0.6 is 0 Å². The summed E-state index contributed by atoms with van der Waals surface area (Å²) in [5, 5.41) is 21.4. The lowest BCUT2D eigenvalue weighted by Crippen LogP contribution is -2.37. The Labute approximate surface area is 155 Å². The summed E-state index contributed by atoms with van der Waals surface area (Å²) in [5.74, 6) is 0.667. The first-order chi connectivity index (χ1) is 12.8. The van der Waals surface area contributed by atoms with Crippen LogP contribution in [-0.2, 0) is 13.1 Å². The lowest BCUT2D eigenvalue weighted by Gasteiger charge is -2.30. The van der Waals surface area contributed by atoms with Crippen LogP contribution in [0.4, 0.5) is 0 Å². The molecule has 0 unspecified atom stereocenters. The van der Waals surface area contributed by atoms with Crippen molar-refractivity contribution in [3.05, 3.63) is 70.8 Å². The molecule has 4 heteroatoms. The van der Waals surface area contributed by atoms with Crippen LogP contribution in [0.25, 0.3) is 0 Å². The molecule has 3 rings (SSSR count). The first-order valence-corrected chi connectivity index (χ1v) is 9.18. The molecular weight excluding hydrogens is 320 g/mol. The van der Waals surface area contributed by atoms with Crippen LogP contribution in [0.3, 0.4) is 0 Å². The van der Waals surface area contributed by atoms with E-state index in [0.717, 1.165) is 32.7 Å². The quantitative estimate of drug-likeness (QED) is 0.872. The van der Waals surface area contributed by atoms with Crippen LogP contribution < -0.4 is 5.32 Å². The van der Waals surface area contributed by atoms with Gasteiger partial charge in [0.05, 0.1) is 23.3 Å². The highest BCUT2D eigenvalue weighted by Crippen LogP contribution is 2.17. The molecule has 0 bridgehead atoms. The summed E-state index contributed by atoms with van der Waals surface area (Å²) in [6.45, 7) is 4.98. The fraction of sp³-hybridized carbons (Fsp3) is 0.364. The smallest absolute Gasteiger partial charge is 0.0991 e. The first kappa shape index (κ1) is 18.1. The molecule has 4 nitrogen and oxygen atoms in total. The van der Waals surface area contributed by atoms with Gasteiger partial charge in [-0.2, -0.15) is 10.5 Å². The van der Waals surface area contributed by atoms with Gasteiger partial charge in [-0.15, -0.1) is 0 Å². The SMILES string of the molecule is N#Cc1ccc(CN(Cc2ccc(C#N)cc2)C[C@H]2CCCNC2)cc1. The largest absolute Gasteiger partial charge is 0.316 e. The molecule has 1 aliphatic rings. The van der Waals surface area contributed by atoms with E-state index in [-0.39, 0.29) is 0 Å². The second-order valence-corrected chi connectivity index (χ2v) is 7.00. The van der Waals surface area contributed by atoms with Crippen molar-refractivity contribution >= 4 is 0 Å². The Morgan fingerprint density at radius 2 is 1.42 bits per heavy atom. The van der Waals surface area contributed by atoms with Gasteiger partial charge in [-0.3, -0.25) is 4.90 Å². The van der Waals surface area contributed by atoms with E-state index in [9.17, 15) is 0 Å². The molecule has 0 aromatic heterocycles. The highest BCUT2D eigenvalue weighted by Gasteiger charge is 2.17. The van der Waals surface area contributed by atoms with Crippen molar-refractivity contribution in [3.63, 3.8) is 0 Å². The van der Waals surface area contributed by atoms with Gasteiger partial charge in [0.1, 0.15) is 0 Å². The summed E-state index contributed by atoms with van der Waals surface area (Å²) in [6, 6.07) is 20.1. The minimum atomic E-state index is 0.667. The van der Waals surface area contributed by atoms with Gasteiger partial charge in [0.15, 0.2) is 0 Å². The van der Waals surface area contributed by atoms with Crippen molar-refractivity contribution in [2.75, 3.05) is 19.6 Å². The van der Waals surface area contributed by atoms with Gasteiger partial charge in [-0.05, 0) is 67.2 Å². The Bertz CT molecular complexity index is 715. The van der Waals surface area contributed by atoms with Crippen molar-refractivity contribution in [1.82, 2.24) is 10.2 Å². The molecule has 0 amide bonds. The minimum absolute atomic E-state index is 0.667. The van der Waals surface area contributed by atoms with E-state index in [2.05, 4.69) is 22.4 Å². The highest BCUT2D eigenvalue weighted by atomic mass is 15.1. The molecule has 132 valence electrons. The summed E-state index contributed by atoms with van der Waals surface area (Å²) in [4.78, 5) is 2.47. The molecule has 1 N–H and O–H groups in total. The molecule has 26 heavy (non-hydrogen) atoms. The molecule has 2 aromatic rings. The lowest BCUT2D eigenvalue weighted by atomic mass is 9.98. The molecule has 1 aliphatic heterocycles. The Kier molecular flexibility index (Phi) is 6.39. The zero-order valence-electron chi connectivity index (χ0n) is 15.0. The molecule has 1 saturated heterocycles. The summed E-state index contributed by atoms with van der Waals surface area (Å²) >= 11 is 0. The fourth-order valence-corrected chi connectivity index (χ4v) is 3.52. The number of piperidine rings is 1. The normalized spacial score (nSPS) is 16.8. The van der Waals surface area contributed by atoms with Gasteiger partial charge in [0.2, 0.25) is 0 Å². The van der Waals surface area contributed by atoms with E-state index in [1.54, 1.807) is 0 Å². The van der Waals surface area contributed by atoms with E-state index in [4.69, 9.17) is 10.5 Å². The molecule has 0 aliphatic carbocycles. The number of hydrogen-bond donors (Lipinski definition) is 1. The third kappa shape index (κ3) is 5.17. The van der Waals surface area contributed by atoms with E-state index in [1.807, 2.05) is 48.5 Å². The predicted molar refractivity (Wildman–Crippen MR) is 102 cm³/mol. The number of rotatable bonds is 6. The third-order valence-corrected chi connectivity index (χ3v) is 4.89. The van der Waals surface area contributed by atoms with E-state index in [0.29, 0.717) is 17.0 Å². The van der Waals surface area contributed by atoms with Crippen LogP contribution in [0.15, 0.2) is 48.5 Å². The number of nitriles is 2. The van der Waals surface area contributed by atoms with Gasteiger partial charge >= 0.3 is 0 Å². The second-order valence-electron chi connectivity index (χ2n) is 7.00. The molecule has 2 aromatic carbocycles. The molecule has 1 atom stereocenters. The van der Waals surface area contributed by atoms with E-state index >= 15 is 0 Å². The predicted octanol–water partition coefficient (Wildman–Crippen LogP) is 3.43. The molecular formula is C22H24N4. The molecule has 0 saturated carbocycles. The number of benzene rings is 2. The van der Waals surface area contributed by atoms with Crippen molar-refractivity contribution in [3.8, 4) is 12.1 Å². The fourth-order valence-electron chi connectivity index (χ4n) is 3.52. The third-order valence-electron chi connectivity index (χ3n) is 4.89. The molecule has 0 spiro atoms. The van der Waals surface area contributed by atoms with Gasteiger partial charge < -0.3 is 5.32 Å². The zero-order chi connectivity index (χ0) is 18.2. The zero-order valence-corrected chi connectivity index (χ0v) is 15.0. The summed E-state index contributed by atoms with van der Waals surface area (Å²) in [5.41, 5.74) is 3.84. The lowest BCUT2D eigenvalue weighted by molar-refractivity contribution is 0.194. The summed E-state index contributed by atoms with van der Waals surface area (Å²) < 4.78 is 0. The van der Waals surface area contributed by atoms with Crippen LogP contribution in [0.5, 0.6) is 0 Å². The maximum atomic E-state index is 8.97. The van der Waals surface area contributed by atoms with Gasteiger partial charge in [-0.1, -0.05) is 24.3 Å². The Morgan fingerprint density at radius 1 is 0.885 bits per heavy atom. The van der Waals surface area contributed by atoms with Crippen LogP contribution in [0.1, 0.15) is 35.1 Å². The minimum Gasteiger partial charge on any atom is -0.316 e. The van der Waals surface area contributed by atoms with Gasteiger partial charge in [-0.25, -0.2) is 0 Å². The average molecular weight is 344 g/mol. The molecule has 1 fully saturated rings. The van der Waals surface area contributed by atoms with Crippen molar-refractivity contribution in [2.24, 2.45) is 5.92 Å². The van der Waals surface area contributed by atoms with Crippen LogP contribution in [0.2, 0.25) is 0 Å². The van der Waals surface area contributed by atoms with Crippen molar-refractivity contribution in [2.45, 2.75) is 25.9 Å². The number of nitrogens with zero attached hydrogens (tertiary/aromatic N) is 3. The van der Waals surface area contributed by atoms with Gasteiger partial charge in [0.25, 0.3) is 0 Å². The highest BCUT2D eigenvalue weighted by molar-refractivity contribution is 5.32. The number of nitrogens with one attached hydrogen (secondary N) is 1. The van der Waals surface area contributed by atoms with Crippen molar-refractivity contribution in [1.29, 1.82) is 10.5 Å². The van der Waals surface area contributed by atoms with Gasteiger partial charge in [0, 0.05) is 19.6 Å². The summed E-state index contributed by atoms with van der Waals surface area (Å²) in [7, 11) is 0. The maximum Gasteiger partial charge on any atom is 0.0991 e. The number of hydrogen-bond acceptors (Lipinski definition) is 4. The molecule has 1 heterocycles. The topological polar surface area (TPSA) is 62.9 Å². The summed E-state index contributed by atoms with van der Waals surface area (Å²) in [6.07, 6.45) is 2.51. The maximum absolute atomic E-state index is 8.97. The monoisotopic (exact) mass is 344 g/mol. The molecule has 0 radical (unpaired) electrons. The van der Waals surface area contributed by atoms with Crippen molar-refractivity contribution < 1.29 is 0 Å². The van der Waals surface area contributed by atoms with E-state index in [1.165, 1.54) is 24.0 Å². The van der Waals surface area contributed by atoms with Crippen LogP contribution in [-0.4, -0.2) is 24.5 Å². The first-order valence-electron chi connectivity index (χ1n) is 9.18. The standard InChI is InChI=1S/C22H24N4/c23-12-18-3-7-20(8-4-18)15-26(17-22-2-1-11-25-14-22)16-21-9-5-19(13-24)6-10-21/h3-10,22,25H,1-2,11,14-17H2/t22-/m0/s1. The van der Waals surface area contributed by atoms with Crippen LogP contribution in [0, 0.1) is 28.6 Å². The second kappa shape index (κ2) is 9.15. The Morgan fingerprint density at radius 3 is 1.85 bits per heavy atom. The Balaban J connectivity index is 1.71. The average Bonchev–Trinajstić information content (AvgIpc) is 2.70.